The molecule has 0 saturated carbocycles. The number of ether oxygens (including phenoxy) is 4. The number of methoxy groups -OCH3 is 1. The number of hydrogen-bond acceptors (Lipinski definition) is 8. The summed E-state index contributed by atoms with van der Waals surface area (Å²) in [5.74, 6) is 1.28. The van der Waals surface area contributed by atoms with Gasteiger partial charge in [-0.2, -0.15) is 0 Å². The fraction of sp³-hybridized carbons (Fsp3) is 0.310. The van der Waals surface area contributed by atoms with Crippen LogP contribution in [0.15, 0.2) is 54.6 Å². The van der Waals surface area contributed by atoms with Gasteiger partial charge >= 0.3 is 6.03 Å². The van der Waals surface area contributed by atoms with Crippen molar-refractivity contribution in [1.82, 2.24) is 5.32 Å². The molecule has 4 N–H and O–H groups in total. The van der Waals surface area contributed by atoms with E-state index >= 15 is 0 Å². The summed E-state index contributed by atoms with van der Waals surface area (Å²) < 4.78 is 48.2. The second kappa shape index (κ2) is 14.8. The van der Waals surface area contributed by atoms with Crippen LogP contribution in [0.25, 0.3) is 0 Å². The molecule has 12 nitrogen and oxygen atoms in total. The number of benzene rings is 3. The highest BCUT2D eigenvalue weighted by Gasteiger charge is 2.18. The van der Waals surface area contributed by atoms with Crippen LogP contribution in [-0.4, -0.2) is 53.5 Å². The number of amides is 3. The van der Waals surface area contributed by atoms with Crippen LogP contribution >= 0.6 is 0 Å². The minimum Gasteiger partial charge on any atom is -0.497 e. The quantitative estimate of drug-likeness (QED) is 0.205. The summed E-state index contributed by atoms with van der Waals surface area (Å²) in [6, 6.07) is 14.2. The zero-order valence-electron chi connectivity index (χ0n) is 24.2. The molecule has 0 heterocycles. The minimum absolute atomic E-state index is 0.0439. The smallest absolute Gasteiger partial charge is 0.319 e. The van der Waals surface area contributed by atoms with Gasteiger partial charge in [-0.05, 0) is 69.3 Å². The number of rotatable bonds is 14. The molecule has 0 aromatic heterocycles. The summed E-state index contributed by atoms with van der Waals surface area (Å²) >= 11 is 0. The maximum atomic E-state index is 13.1. The van der Waals surface area contributed by atoms with E-state index in [1.807, 2.05) is 6.92 Å². The first kappa shape index (κ1) is 31.9. The molecule has 0 aliphatic heterocycles. The second-order valence-corrected chi connectivity index (χ2v) is 10.6. The topological polar surface area (TPSA) is 153 Å². The number of hydrogen-bond donors (Lipinski definition) is 4. The minimum atomic E-state index is -3.57. The second-order valence-electron chi connectivity index (χ2n) is 8.83. The lowest BCUT2D eigenvalue weighted by Gasteiger charge is -2.18. The first-order valence-corrected chi connectivity index (χ1v) is 15.1. The molecular weight excluding hydrogens is 564 g/mol. The monoisotopic (exact) mass is 600 g/mol. The number of anilines is 3. The molecule has 226 valence electrons. The third-order valence-corrected chi connectivity index (χ3v) is 6.22. The van der Waals surface area contributed by atoms with Crippen molar-refractivity contribution < 1.29 is 37.0 Å². The van der Waals surface area contributed by atoms with Gasteiger partial charge in [0.15, 0.2) is 0 Å². The molecule has 0 saturated heterocycles. The van der Waals surface area contributed by atoms with E-state index in [-0.39, 0.29) is 17.8 Å². The summed E-state index contributed by atoms with van der Waals surface area (Å²) in [5.41, 5.74) is 1.96. The number of nitrogens with one attached hydrogen (secondary N) is 4. The first-order chi connectivity index (χ1) is 20.1. The zero-order valence-corrected chi connectivity index (χ0v) is 25.0. The maximum Gasteiger partial charge on any atom is 0.319 e. The predicted octanol–water partition coefficient (Wildman–Crippen LogP) is 4.84. The van der Waals surface area contributed by atoms with Gasteiger partial charge in [-0.3, -0.25) is 9.52 Å². The van der Waals surface area contributed by atoms with Gasteiger partial charge in [0, 0.05) is 29.5 Å². The molecule has 0 spiro atoms. The highest BCUT2D eigenvalue weighted by Crippen LogP contribution is 2.34. The van der Waals surface area contributed by atoms with Crippen LogP contribution < -0.4 is 39.6 Å². The summed E-state index contributed by atoms with van der Waals surface area (Å²) in [7, 11) is -2.01. The van der Waals surface area contributed by atoms with Gasteiger partial charge in [-0.15, -0.1) is 0 Å². The summed E-state index contributed by atoms with van der Waals surface area (Å²) in [6.45, 7) is 6.38. The van der Waals surface area contributed by atoms with Gasteiger partial charge in [0.05, 0.1) is 44.4 Å². The summed E-state index contributed by atoms with van der Waals surface area (Å²) in [5, 5.41) is 8.29. The number of carbonyl (C=O) groups is 2. The largest absolute Gasteiger partial charge is 0.497 e. The lowest BCUT2D eigenvalue weighted by molar-refractivity contribution is 0.102. The van der Waals surface area contributed by atoms with E-state index in [2.05, 4.69) is 20.7 Å². The molecule has 0 aliphatic rings. The van der Waals surface area contributed by atoms with Crippen LogP contribution in [0.5, 0.6) is 23.0 Å². The van der Waals surface area contributed by atoms with Crippen molar-refractivity contribution in [2.24, 2.45) is 0 Å². The van der Waals surface area contributed by atoms with Crippen LogP contribution in [-0.2, 0) is 16.6 Å². The normalized spacial score (nSPS) is 10.8. The van der Waals surface area contributed by atoms with E-state index in [9.17, 15) is 18.0 Å². The Kier molecular flexibility index (Phi) is 11.3. The van der Waals surface area contributed by atoms with Crippen molar-refractivity contribution in [2.45, 2.75) is 27.3 Å². The average Bonchev–Trinajstić information content (AvgIpc) is 2.94. The zero-order chi connectivity index (χ0) is 30.7. The average molecular weight is 601 g/mol. The van der Waals surface area contributed by atoms with Gasteiger partial charge in [0.1, 0.15) is 23.0 Å². The maximum absolute atomic E-state index is 13.1. The molecule has 0 radical (unpaired) electrons. The number of carbonyl (C=O) groups excluding carboxylic acids is 2. The summed E-state index contributed by atoms with van der Waals surface area (Å²) in [6.07, 6.45) is 1.04. The summed E-state index contributed by atoms with van der Waals surface area (Å²) in [4.78, 5) is 25.9. The molecule has 3 amide bonds. The van der Waals surface area contributed by atoms with Crippen LogP contribution in [0, 0.1) is 0 Å². The molecule has 3 aromatic rings. The fourth-order valence-electron chi connectivity index (χ4n) is 3.87. The first-order valence-electron chi connectivity index (χ1n) is 13.2. The SMILES string of the molecule is CCOc1cc(NS(C)(=O)=O)c(OCC)cc1CNC(=O)Nc1ccc(OCC)c(C(=O)Nc2ccc(OC)cc2)c1. The number of urea groups is 1. The molecule has 0 atom stereocenters. The van der Waals surface area contributed by atoms with E-state index in [0.29, 0.717) is 59.8 Å². The third kappa shape index (κ3) is 9.20. The standard InChI is InChI=1S/C29H36N4O8S/c1-6-39-25-14-11-21(16-23(25)28(34)31-20-9-12-22(38-4)13-10-20)32-29(35)30-18-19-15-27(41-8-3)24(33-42(5,36)37)17-26(19)40-7-2/h9-17,33H,6-8,18H2,1-5H3,(H,31,34)(H2,30,32,35). The van der Waals surface area contributed by atoms with Crippen molar-refractivity contribution in [3.63, 3.8) is 0 Å². The van der Waals surface area contributed by atoms with E-state index in [4.69, 9.17) is 18.9 Å². The van der Waals surface area contributed by atoms with Crippen molar-refractivity contribution in [3.8, 4) is 23.0 Å². The highest BCUT2D eigenvalue weighted by molar-refractivity contribution is 7.92. The Morgan fingerprint density at radius 3 is 2.00 bits per heavy atom. The Labute approximate surface area is 245 Å². The Balaban J connectivity index is 1.77. The van der Waals surface area contributed by atoms with Gasteiger partial charge in [0.25, 0.3) is 5.91 Å². The lowest BCUT2D eigenvalue weighted by Crippen LogP contribution is -2.28. The van der Waals surface area contributed by atoms with Crippen LogP contribution in [0.2, 0.25) is 0 Å². The van der Waals surface area contributed by atoms with Gasteiger partial charge in [-0.25, -0.2) is 13.2 Å². The van der Waals surface area contributed by atoms with Crippen LogP contribution in [0.3, 0.4) is 0 Å². The van der Waals surface area contributed by atoms with Crippen molar-refractivity contribution in [2.75, 3.05) is 48.5 Å². The molecule has 3 aromatic carbocycles. The van der Waals surface area contributed by atoms with E-state index < -0.39 is 22.0 Å². The van der Waals surface area contributed by atoms with Crippen molar-refractivity contribution in [1.29, 1.82) is 0 Å². The lowest BCUT2D eigenvalue weighted by atomic mass is 10.1. The molecule has 0 unspecified atom stereocenters. The molecule has 0 bridgehead atoms. The van der Waals surface area contributed by atoms with Gasteiger partial charge < -0.3 is 34.9 Å². The third-order valence-electron chi connectivity index (χ3n) is 5.63. The highest BCUT2D eigenvalue weighted by atomic mass is 32.2. The Bertz CT molecular complexity index is 1490. The molecule has 42 heavy (non-hydrogen) atoms. The molecular formula is C29H36N4O8S. The molecule has 3 rings (SSSR count). The Hall–Kier alpha value is -4.65. The van der Waals surface area contributed by atoms with E-state index in [1.54, 1.807) is 63.4 Å². The van der Waals surface area contributed by atoms with E-state index in [0.717, 1.165) is 6.26 Å². The van der Waals surface area contributed by atoms with Gasteiger partial charge in [-0.1, -0.05) is 0 Å². The van der Waals surface area contributed by atoms with Crippen molar-refractivity contribution in [3.05, 3.63) is 65.7 Å². The Morgan fingerprint density at radius 2 is 1.38 bits per heavy atom. The number of sulfonamides is 1. The van der Waals surface area contributed by atoms with Crippen molar-refractivity contribution >= 4 is 39.0 Å². The van der Waals surface area contributed by atoms with Gasteiger partial charge in [0.2, 0.25) is 10.0 Å². The fourth-order valence-corrected chi connectivity index (χ4v) is 4.43. The predicted molar refractivity (Wildman–Crippen MR) is 162 cm³/mol. The molecule has 0 aliphatic carbocycles. The van der Waals surface area contributed by atoms with E-state index in [1.165, 1.54) is 12.1 Å². The molecule has 13 heteroatoms. The Morgan fingerprint density at radius 1 is 0.762 bits per heavy atom. The molecule has 0 fully saturated rings. The van der Waals surface area contributed by atoms with Crippen LogP contribution in [0.1, 0.15) is 36.7 Å². The van der Waals surface area contributed by atoms with Crippen LogP contribution in [0.4, 0.5) is 21.9 Å².